The quantitative estimate of drug-likeness (QED) is 0.548. The van der Waals surface area contributed by atoms with E-state index in [1.165, 1.54) is 11.3 Å². The highest BCUT2D eigenvalue weighted by molar-refractivity contribution is 8.01. The molecule has 1 N–H and O–H groups in total. The number of nitrogens with one attached hydrogen (secondary N) is 1. The first kappa shape index (κ1) is 15.3. The molecule has 0 saturated carbocycles. The Balaban J connectivity index is 1.88. The minimum Gasteiger partial charge on any atom is -0.449 e. The summed E-state index contributed by atoms with van der Waals surface area (Å²) in [6.07, 6.45) is 0. The first-order valence-corrected chi connectivity index (χ1v) is 8.73. The van der Waals surface area contributed by atoms with Gasteiger partial charge in [-0.15, -0.1) is 10.2 Å². The van der Waals surface area contributed by atoms with Gasteiger partial charge in [-0.3, -0.25) is 10.1 Å². The fourth-order valence-electron chi connectivity index (χ4n) is 2.02. The summed E-state index contributed by atoms with van der Waals surface area (Å²) < 4.78 is 6.45. The second kappa shape index (κ2) is 6.28. The molecule has 3 aromatic rings. The van der Waals surface area contributed by atoms with Crippen LogP contribution >= 0.6 is 34.7 Å². The molecule has 0 aliphatic rings. The van der Waals surface area contributed by atoms with E-state index in [0.29, 0.717) is 15.7 Å². The van der Waals surface area contributed by atoms with E-state index in [4.69, 9.17) is 16.0 Å². The standard InChI is InChI=1S/C14H12ClN3O2S2/c1-3-21-14-18-17-13(22-14)16-12(19)10-7(2)8-5-4-6-9(15)11(8)20-10/h4-6H,3H2,1-2H3,(H,16,17,19). The number of aryl methyl sites for hydroxylation is 1. The van der Waals surface area contributed by atoms with E-state index in [9.17, 15) is 4.79 Å². The monoisotopic (exact) mass is 353 g/mol. The number of anilines is 1. The Morgan fingerprint density at radius 1 is 1.45 bits per heavy atom. The van der Waals surface area contributed by atoms with E-state index in [1.807, 2.05) is 26.0 Å². The van der Waals surface area contributed by atoms with Gasteiger partial charge in [0.15, 0.2) is 15.7 Å². The number of hydrogen-bond donors (Lipinski definition) is 1. The average molecular weight is 354 g/mol. The number of thioether (sulfide) groups is 1. The summed E-state index contributed by atoms with van der Waals surface area (Å²) in [5.41, 5.74) is 1.27. The van der Waals surface area contributed by atoms with Crippen LogP contribution in [0.4, 0.5) is 5.13 Å². The van der Waals surface area contributed by atoms with Gasteiger partial charge in [-0.25, -0.2) is 0 Å². The summed E-state index contributed by atoms with van der Waals surface area (Å²) in [7, 11) is 0. The Kier molecular flexibility index (Phi) is 4.37. The maximum Gasteiger partial charge on any atom is 0.293 e. The van der Waals surface area contributed by atoms with E-state index in [-0.39, 0.29) is 11.7 Å². The largest absolute Gasteiger partial charge is 0.449 e. The molecule has 1 amide bonds. The normalized spacial score (nSPS) is 11.0. The van der Waals surface area contributed by atoms with E-state index in [1.54, 1.807) is 17.8 Å². The van der Waals surface area contributed by atoms with Gasteiger partial charge in [-0.1, -0.05) is 53.8 Å². The summed E-state index contributed by atoms with van der Waals surface area (Å²) in [5, 5.41) is 12.4. The van der Waals surface area contributed by atoms with Crippen molar-refractivity contribution in [1.82, 2.24) is 10.2 Å². The lowest BCUT2D eigenvalue weighted by Crippen LogP contribution is -2.11. The lowest BCUT2D eigenvalue weighted by molar-refractivity contribution is 0.0998. The molecular formula is C14H12ClN3O2S2. The van der Waals surface area contributed by atoms with Crippen molar-refractivity contribution in [2.24, 2.45) is 0 Å². The predicted octanol–water partition coefficient (Wildman–Crippen LogP) is 4.61. The molecule has 0 spiro atoms. The molecule has 0 bridgehead atoms. The first-order valence-electron chi connectivity index (χ1n) is 6.55. The number of rotatable bonds is 4. The molecule has 8 heteroatoms. The molecule has 0 radical (unpaired) electrons. The van der Waals surface area contributed by atoms with Crippen LogP contribution in [0.2, 0.25) is 5.02 Å². The molecule has 2 heterocycles. The second-order valence-electron chi connectivity index (χ2n) is 4.43. The van der Waals surface area contributed by atoms with Crippen molar-refractivity contribution in [2.45, 2.75) is 18.2 Å². The summed E-state index contributed by atoms with van der Waals surface area (Å²) in [6, 6.07) is 5.43. The van der Waals surface area contributed by atoms with Crippen molar-refractivity contribution >= 4 is 56.7 Å². The number of benzene rings is 1. The van der Waals surface area contributed by atoms with Gasteiger partial charge in [-0.05, 0) is 18.7 Å². The number of nitrogens with zero attached hydrogens (tertiary/aromatic N) is 2. The molecule has 114 valence electrons. The Morgan fingerprint density at radius 2 is 2.27 bits per heavy atom. The summed E-state index contributed by atoms with van der Waals surface area (Å²) >= 11 is 9.01. The van der Waals surface area contributed by atoms with Crippen LogP contribution in [0.5, 0.6) is 0 Å². The van der Waals surface area contributed by atoms with E-state index >= 15 is 0 Å². The van der Waals surface area contributed by atoms with Crippen molar-refractivity contribution in [3.63, 3.8) is 0 Å². The van der Waals surface area contributed by atoms with Crippen molar-refractivity contribution < 1.29 is 9.21 Å². The smallest absolute Gasteiger partial charge is 0.293 e. The second-order valence-corrected chi connectivity index (χ2v) is 7.33. The van der Waals surface area contributed by atoms with E-state index < -0.39 is 0 Å². The number of fused-ring (bicyclic) bond motifs is 1. The fourth-order valence-corrected chi connectivity index (χ4v) is 3.88. The summed E-state index contributed by atoms with van der Waals surface area (Å²) in [5.74, 6) is 0.793. The maximum absolute atomic E-state index is 12.4. The number of carbonyl (C=O) groups is 1. The number of halogens is 1. The number of hydrogen-bond acceptors (Lipinski definition) is 6. The summed E-state index contributed by atoms with van der Waals surface area (Å²) in [4.78, 5) is 12.4. The average Bonchev–Trinajstić information content (AvgIpc) is 3.06. The van der Waals surface area contributed by atoms with Gasteiger partial charge < -0.3 is 4.42 Å². The molecule has 3 rings (SSSR count). The zero-order chi connectivity index (χ0) is 15.7. The van der Waals surface area contributed by atoms with Gasteiger partial charge in [0.25, 0.3) is 5.91 Å². The molecule has 0 saturated heterocycles. The topological polar surface area (TPSA) is 68.0 Å². The van der Waals surface area contributed by atoms with Crippen LogP contribution in [0.25, 0.3) is 11.0 Å². The third-order valence-electron chi connectivity index (χ3n) is 3.02. The Bertz CT molecular complexity index is 844. The van der Waals surface area contributed by atoms with Crippen LogP contribution in [-0.2, 0) is 0 Å². The first-order chi connectivity index (χ1) is 10.6. The highest BCUT2D eigenvalue weighted by atomic mass is 35.5. The molecular weight excluding hydrogens is 342 g/mol. The van der Waals surface area contributed by atoms with Crippen LogP contribution in [0.15, 0.2) is 27.0 Å². The molecule has 0 atom stereocenters. The third-order valence-corrected chi connectivity index (χ3v) is 5.17. The zero-order valence-electron chi connectivity index (χ0n) is 11.8. The van der Waals surface area contributed by atoms with Crippen LogP contribution in [0.3, 0.4) is 0 Å². The van der Waals surface area contributed by atoms with E-state index in [0.717, 1.165) is 21.0 Å². The van der Waals surface area contributed by atoms with Gasteiger partial charge in [0.05, 0.1) is 5.02 Å². The number of aromatic nitrogens is 2. The molecule has 2 aromatic heterocycles. The lowest BCUT2D eigenvalue weighted by atomic mass is 10.1. The van der Waals surface area contributed by atoms with Crippen LogP contribution in [-0.4, -0.2) is 21.9 Å². The van der Waals surface area contributed by atoms with Crippen molar-refractivity contribution in [1.29, 1.82) is 0 Å². The predicted molar refractivity (Wildman–Crippen MR) is 90.2 cm³/mol. The van der Waals surface area contributed by atoms with Crippen molar-refractivity contribution in [3.8, 4) is 0 Å². The highest BCUT2D eigenvalue weighted by Crippen LogP contribution is 2.31. The summed E-state index contributed by atoms with van der Waals surface area (Å²) in [6.45, 7) is 3.86. The Labute approximate surface area is 140 Å². The molecule has 0 unspecified atom stereocenters. The van der Waals surface area contributed by atoms with Gasteiger partial charge in [0, 0.05) is 10.9 Å². The Hall–Kier alpha value is -1.57. The van der Waals surface area contributed by atoms with Gasteiger partial charge in [0.1, 0.15) is 0 Å². The van der Waals surface area contributed by atoms with Crippen LogP contribution < -0.4 is 5.32 Å². The minimum absolute atomic E-state index is 0.239. The third kappa shape index (κ3) is 2.84. The van der Waals surface area contributed by atoms with Crippen molar-refractivity contribution in [3.05, 3.63) is 34.5 Å². The fraction of sp³-hybridized carbons (Fsp3) is 0.214. The van der Waals surface area contributed by atoms with Gasteiger partial charge in [-0.2, -0.15) is 0 Å². The molecule has 0 fully saturated rings. The molecule has 0 aliphatic heterocycles. The zero-order valence-corrected chi connectivity index (χ0v) is 14.2. The molecule has 22 heavy (non-hydrogen) atoms. The number of para-hydroxylation sites is 1. The van der Waals surface area contributed by atoms with Gasteiger partial charge >= 0.3 is 0 Å². The highest BCUT2D eigenvalue weighted by Gasteiger charge is 2.20. The van der Waals surface area contributed by atoms with Crippen molar-refractivity contribution in [2.75, 3.05) is 11.1 Å². The van der Waals surface area contributed by atoms with Crippen LogP contribution in [0, 0.1) is 6.92 Å². The molecule has 1 aromatic carbocycles. The SMILES string of the molecule is CCSc1nnc(NC(=O)c2oc3c(Cl)cccc3c2C)s1. The van der Waals surface area contributed by atoms with E-state index in [2.05, 4.69) is 15.5 Å². The number of amides is 1. The lowest BCUT2D eigenvalue weighted by Gasteiger charge is -1.98. The molecule has 0 aliphatic carbocycles. The minimum atomic E-state index is -0.353. The number of carbonyl (C=O) groups excluding carboxylic acids is 1. The maximum atomic E-state index is 12.4. The number of furan rings is 1. The Morgan fingerprint density at radius 3 is 3.00 bits per heavy atom. The molecule has 5 nitrogen and oxygen atoms in total. The van der Waals surface area contributed by atoms with Gasteiger partial charge in [0.2, 0.25) is 5.13 Å². The van der Waals surface area contributed by atoms with Crippen LogP contribution in [0.1, 0.15) is 23.0 Å².